The third-order valence-corrected chi connectivity index (χ3v) is 2.64. The fraction of sp³-hybridized carbons (Fsp3) is 0.529. The van der Waals surface area contributed by atoms with E-state index >= 15 is 0 Å². The van der Waals surface area contributed by atoms with Gasteiger partial charge >= 0.3 is 11.9 Å². The van der Waals surface area contributed by atoms with Gasteiger partial charge in [-0.2, -0.15) is 0 Å². The topological polar surface area (TPSA) is 61.8 Å². The minimum atomic E-state index is -0.364. The van der Waals surface area contributed by atoms with Crippen molar-refractivity contribution in [2.45, 2.75) is 59.5 Å². The van der Waals surface area contributed by atoms with Crippen molar-refractivity contribution >= 4 is 11.9 Å². The molecule has 0 bridgehead atoms. The molecule has 22 heavy (non-hydrogen) atoms. The van der Waals surface area contributed by atoms with Gasteiger partial charge in [0.15, 0.2) is 11.5 Å². The summed E-state index contributed by atoms with van der Waals surface area (Å²) >= 11 is 0. The van der Waals surface area contributed by atoms with E-state index in [0.717, 1.165) is 0 Å². The summed E-state index contributed by atoms with van der Waals surface area (Å²) in [6, 6.07) is 4.84. The van der Waals surface area contributed by atoms with E-state index in [2.05, 4.69) is 0 Å². The number of hydrogen-bond acceptors (Lipinski definition) is 5. The first-order valence-corrected chi connectivity index (χ1v) is 7.68. The Morgan fingerprint density at radius 1 is 0.955 bits per heavy atom. The first-order valence-electron chi connectivity index (χ1n) is 7.68. The Kier molecular flexibility index (Phi) is 7.43. The van der Waals surface area contributed by atoms with Gasteiger partial charge in [0, 0.05) is 18.9 Å². The van der Waals surface area contributed by atoms with Gasteiger partial charge in [-0.15, -0.1) is 0 Å². The van der Waals surface area contributed by atoms with Crippen LogP contribution in [0.5, 0.6) is 17.2 Å². The summed E-state index contributed by atoms with van der Waals surface area (Å²) < 4.78 is 16.1. The molecule has 122 valence electrons. The molecule has 0 saturated carbocycles. The molecule has 0 N–H and O–H groups in total. The van der Waals surface area contributed by atoms with E-state index in [4.69, 9.17) is 14.2 Å². The summed E-state index contributed by atoms with van der Waals surface area (Å²) in [7, 11) is 0. The highest BCUT2D eigenvalue weighted by Crippen LogP contribution is 2.32. The van der Waals surface area contributed by atoms with Crippen molar-refractivity contribution in [1.29, 1.82) is 0 Å². The molecule has 0 fully saturated rings. The van der Waals surface area contributed by atoms with Gasteiger partial charge in [-0.05, 0) is 38.8 Å². The van der Waals surface area contributed by atoms with E-state index in [9.17, 15) is 9.59 Å². The van der Waals surface area contributed by atoms with E-state index in [0.29, 0.717) is 31.4 Å². The Balaban J connectivity index is 2.97. The molecular weight excluding hydrogens is 284 g/mol. The standard InChI is InChI=1S/C17H24O5/c1-5-7-16(18)21-14-10-9-13(20-12(3)4)11-15(14)22-17(19)8-6-2/h9-12H,5-8H2,1-4H3. The predicted molar refractivity (Wildman–Crippen MR) is 83.3 cm³/mol. The quantitative estimate of drug-likeness (QED) is 0.538. The largest absolute Gasteiger partial charge is 0.491 e. The summed E-state index contributed by atoms with van der Waals surface area (Å²) in [5.41, 5.74) is 0. The molecule has 0 aliphatic rings. The zero-order chi connectivity index (χ0) is 16.5. The van der Waals surface area contributed by atoms with Crippen LogP contribution in [0.4, 0.5) is 0 Å². The lowest BCUT2D eigenvalue weighted by Gasteiger charge is -2.14. The molecule has 1 aromatic carbocycles. The molecule has 0 amide bonds. The summed E-state index contributed by atoms with van der Waals surface area (Å²) in [4.78, 5) is 23.4. The Labute approximate surface area is 131 Å². The van der Waals surface area contributed by atoms with Crippen LogP contribution in [-0.2, 0) is 9.59 Å². The molecule has 0 saturated heterocycles. The van der Waals surface area contributed by atoms with E-state index in [1.807, 2.05) is 27.7 Å². The van der Waals surface area contributed by atoms with Crippen LogP contribution in [-0.4, -0.2) is 18.0 Å². The van der Waals surface area contributed by atoms with Crippen LogP contribution < -0.4 is 14.2 Å². The molecule has 0 aliphatic heterocycles. The minimum Gasteiger partial charge on any atom is -0.491 e. The first-order chi connectivity index (χ1) is 10.5. The fourth-order valence-electron chi connectivity index (χ4n) is 1.75. The summed E-state index contributed by atoms with van der Waals surface area (Å²) in [5.74, 6) is 0.287. The van der Waals surface area contributed by atoms with Gasteiger partial charge in [0.05, 0.1) is 6.10 Å². The average molecular weight is 308 g/mol. The lowest BCUT2D eigenvalue weighted by molar-refractivity contribution is -0.137. The van der Waals surface area contributed by atoms with Crippen molar-refractivity contribution < 1.29 is 23.8 Å². The van der Waals surface area contributed by atoms with Crippen molar-refractivity contribution in [3.05, 3.63) is 18.2 Å². The van der Waals surface area contributed by atoms with Gasteiger partial charge in [0.25, 0.3) is 0 Å². The Bertz CT molecular complexity index is 508. The maximum atomic E-state index is 11.7. The predicted octanol–water partition coefficient (Wildman–Crippen LogP) is 3.88. The van der Waals surface area contributed by atoms with Gasteiger partial charge in [0.1, 0.15) is 5.75 Å². The highest BCUT2D eigenvalue weighted by molar-refractivity contribution is 5.76. The monoisotopic (exact) mass is 308 g/mol. The summed E-state index contributed by atoms with van der Waals surface area (Å²) in [5, 5.41) is 0. The number of benzene rings is 1. The SMILES string of the molecule is CCCC(=O)Oc1ccc(OC(C)C)cc1OC(=O)CCC. The van der Waals surface area contributed by atoms with E-state index in [1.54, 1.807) is 18.2 Å². The molecule has 0 heterocycles. The average Bonchev–Trinajstić information content (AvgIpc) is 2.41. The zero-order valence-electron chi connectivity index (χ0n) is 13.7. The highest BCUT2D eigenvalue weighted by atomic mass is 16.6. The number of hydrogen-bond donors (Lipinski definition) is 0. The van der Waals surface area contributed by atoms with Crippen LogP contribution >= 0.6 is 0 Å². The summed E-state index contributed by atoms with van der Waals surface area (Å²) in [6.45, 7) is 7.58. The van der Waals surface area contributed by atoms with Crippen molar-refractivity contribution in [3.8, 4) is 17.2 Å². The van der Waals surface area contributed by atoms with Crippen LogP contribution in [0.25, 0.3) is 0 Å². The van der Waals surface area contributed by atoms with Gasteiger partial charge in [-0.1, -0.05) is 13.8 Å². The fourth-order valence-corrected chi connectivity index (χ4v) is 1.75. The van der Waals surface area contributed by atoms with E-state index in [1.165, 1.54) is 0 Å². The molecule has 0 aromatic heterocycles. The molecule has 0 unspecified atom stereocenters. The second-order valence-electron chi connectivity index (χ2n) is 5.22. The molecule has 5 heteroatoms. The van der Waals surface area contributed by atoms with Gasteiger partial charge in [0.2, 0.25) is 0 Å². The second kappa shape index (κ2) is 9.07. The first kappa shape index (κ1) is 18.0. The molecule has 0 atom stereocenters. The lowest BCUT2D eigenvalue weighted by Crippen LogP contribution is -2.12. The molecule has 0 radical (unpaired) electrons. The normalized spacial score (nSPS) is 10.4. The van der Waals surface area contributed by atoms with Gasteiger partial charge in [-0.3, -0.25) is 9.59 Å². The Morgan fingerprint density at radius 2 is 1.50 bits per heavy atom. The number of ether oxygens (including phenoxy) is 3. The highest BCUT2D eigenvalue weighted by Gasteiger charge is 2.15. The van der Waals surface area contributed by atoms with Gasteiger partial charge < -0.3 is 14.2 Å². The zero-order valence-corrected chi connectivity index (χ0v) is 13.7. The van der Waals surface area contributed by atoms with Crippen LogP contribution in [0, 0.1) is 0 Å². The molecule has 0 spiro atoms. The smallest absolute Gasteiger partial charge is 0.311 e. The van der Waals surface area contributed by atoms with Crippen molar-refractivity contribution in [3.63, 3.8) is 0 Å². The molecule has 0 aliphatic carbocycles. The maximum absolute atomic E-state index is 11.7. The van der Waals surface area contributed by atoms with Crippen LogP contribution in [0.15, 0.2) is 18.2 Å². The Hall–Kier alpha value is -2.04. The van der Waals surface area contributed by atoms with Gasteiger partial charge in [-0.25, -0.2) is 0 Å². The van der Waals surface area contributed by atoms with E-state index in [-0.39, 0.29) is 29.5 Å². The van der Waals surface area contributed by atoms with Crippen molar-refractivity contribution in [1.82, 2.24) is 0 Å². The number of esters is 2. The maximum Gasteiger partial charge on any atom is 0.311 e. The minimum absolute atomic E-state index is 0.00677. The number of carbonyl (C=O) groups is 2. The molecule has 1 aromatic rings. The molecule has 1 rings (SSSR count). The van der Waals surface area contributed by atoms with Crippen molar-refractivity contribution in [2.24, 2.45) is 0 Å². The number of rotatable bonds is 8. The third-order valence-electron chi connectivity index (χ3n) is 2.64. The summed E-state index contributed by atoms with van der Waals surface area (Å²) in [6.07, 6.45) is 1.99. The number of carbonyl (C=O) groups excluding carboxylic acids is 2. The van der Waals surface area contributed by atoms with Crippen molar-refractivity contribution in [2.75, 3.05) is 0 Å². The Morgan fingerprint density at radius 3 is 2.00 bits per heavy atom. The van der Waals surface area contributed by atoms with E-state index < -0.39 is 0 Å². The molecule has 5 nitrogen and oxygen atoms in total. The van der Waals surface area contributed by atoms with Crippen LogP contribution in [0.1, 0.15) is 53.4 Å². The van der Waals surface area contributed by atoms with Crippen LogP contribution in [0.2, 0.25) is 0 Å². The second-order valence-corrected chi connectivity index (χ2v) is 5.22. The van der Waals surface area contributed by atoms with Crippen LogP contribution in [0.3, 0.4) is 0 Å². The lowest BCUT2D eigenvalue weighted by atomic mass is 10.2. The third kappa shape index (κ3) is 6.16. The molecular formula is C17H24O5.